The van der Waals surface area contributed by atoms with Crippen molar-refractivity contribution in [2.75, 3.05) is 18.4 Å². The van der Waals surface area contributed by atoms with Gasteiger partial charge in [-0.3, -0.25) is 4.79 Å². The molecule has 23 heavy (non-hydrogen) atoms. The fourth-order valence-corrected chi connectivity index (χ4v) is 2.97. The zero-order valence-electron chi connectivity index (χ0n) is 13.4. The van der Waals surface area contributed by atoms with Crippen molar-refractivity contribution in [2.45, 2.75) is 32.7 Å². The molecule has 1 fully saturated rings. The number of halogens is 1. The van der Waals surface area contributed by atoms with Crippen LogP contribution in [0.25, 0.3) is 10.9 Å². The molecule has 1 atom stereocenters. The van der Waals surface area contributed by atoms with Gasteiger partial charge >= 0.3 is 0 Å². The van der Waals surface area contributed by atoms with Gasteiger partial charge in [0.1, 0.15) is 24.0 Å². The lowest BCUT2D eigenvalue weighted by atomic mass is 10.0. The molecule has 1 N–H and O–H groups in total. The van der Waals surface area contributed by atoms with Gasteiger partial charge in [-0.05, 0) is 30.9 Å². The smallest absolute Gasteiger partial charge is 0.245 e. The number of benzene rings is 1. The van der Waals surface area contributed by atoms with E-state index in [2.05, 4.69) is 15.3 Å². The minimum atomic E-state index is -0.425. The van der Waals surface area contributed by atoms with Crippen LogP contribution in [-0.2, 0) is 4.79 Å². The zero-order valence-corrected chi connectivity index (χ0v) is 13.4. The van der Waals surface area contributed by atoms with Gasteiger partial charge in [0.05, 0.1) is 10.9 Å². The summed E-state index contributed by atoms with van der Waals surface area (Å²) in [4.78, 5) is 22.9. The summed E-state index contributed by atoms with van der Waals surface area (Å²) < 4.78 is 14.2. The summed E-state index contributed by atoms with van der Waals surface area (Å²) in [5.41, 5.74) is 0.527. The van der Waals surface area contributed by atoms with Crippen LogP contribution in [0.1, 0.15) is 26.7 Å². The van der Waals surface area contributed by atoms with Crippen molar-refractivity contribution in [2.24, 2.45) is 5.92 Å². The number of amides is 1. The van der Waals surface area contributed by atoms with E-state index in [0.717, 1.165) is 25.9 Å². The van der Waals surface area contributed by atoms with Gasteiger partial charge in [0.2, 0.25) is 5.91 Å². The highest BCUT2D eigenvalue weighted by molar-refractivity contribution is 5.92. The third-order valence-corrected chi connectivity index (χ3v) is 4.25. The van der Waals surface area contributed by atoms with Crippen molar-refractivity contribution in [3.05, 3.63) is 30.3 Å². The minimum absolute atomic E-state index is 0.0561. The van der Waals surface area contributed by atoms with Gasteiger partial charge in [-0.15, -0.1) is 0 Å². The largest absolute Gasteiger partial charge is 0.357 e. The van der Waals surface area contributed by atoms with Crippen molar-refractivity contribution < 1.29 is 9.18 Å². The molecule has 1 aliphatic heterocycles. The molecule has 0 saturated carbocycles. The number of hydrogen-bond donors (Lipinski definition) is 1. The van der Waals surface area contributed by atoms with Gasteiger partial charge in [-0.1, -0.05) is 19.9 Å². The second kappa shape index (κ2) is 6.48. The van der Waals surface area contributed by atoms with Crippen LogP contribution in [0.15, 0.2) is 24.5 Å². The van der Waals surface area contributed by atoms with Crippen LogP contribution in [0.3, 0.4) is 0 Å². The standard InChI is InChI=1S/C17H21FN4O/c1-11(2)15(17(23)22-8-3-4-9-22)21-16-14-12(18)6-5-7-13(14)19-10-20-16/h5-7,10-11,15H,3-4,8-9H2,1-2H3,(H,19,20,21)/t15-/m0/s1. The van der Waals surface area contributed by atoms with Crippen LogP contribution in [0.4, 0.5) is 10.2 Å². The summed E-state index contributed by atoms with van der Waals surface area (Å²) in [6, 6.07) is 4.30. The fourth-order valence-electron chi connectivity index (χ4n) is 2.97. The Hall–Kier alpha value is -2.24. The zero-order chi connectivity index (χ0) is 16.4. The maximum absolute atomic E-state index is 14.2. The molecular weight excluding hydrogens is 295 g/mol. The van der Waals surface area contributed by atoms with Crippen LogP contribution in [0.2, 0.25) is 0 Å². The molecule has 1 aromatic heterocycles. The van der Waals surface area contributed by atoms with E-state index in [0.29, 0.717) is 16.7 Å². The number of rotatable bonds is 4. The van der Waals surface area contributed by atoms with Gasteiger partial charge in [0, 0.05) is 13.1 Å². The van der Waals surface area contributed by atoms with E-state index < -0.39 is 6.04 Å². The number of carbonyl (C=O) groups excluding carboxylic acids is 1. The van der Waals surface area contributed by atoms with E-state index in [1.165, 1.54) is 12.4 Å². The van der Waals surface area contributed by atoms with Crippen LogP contribution >= 0.6 is 0 Å². The SMILES string of the molecule is CC(C)[C@H](Nc1ncnc2cccc(F)c12)C(=O)N1CCCC1. The van der Waals surface area contributed by atoms with Gasteiger partial charge in [0.25, 0.3) is 0 Å². The van der Waals surface area contributed by atoms with Crippen LogP contribution in [0, 0.1) is 11.7 Å². The molecule has 0 spiro atoms. The first-order chi connectivity index (χ1) is 11.1. The molecular formula is C17H21FN4O. The maximum atomic E-state index is 14.2. The highest BCUT2D eigenvalue weighted by Gasteiger charge is 2.29. The third kappa shape index (κ3) is 3.11. The highest BCUT2D eigenvalue weighted by Crippen LogP contribution is 2.25. The lowest BCUT2D eigenvalue weighted by molar-refractivity contribution is -0.131. The number of nitrogens with one attached hydrogen (secondary N) is 1. The van der Waals surface area contributed by atoms with Crippen LogP contribution in [0.5, 0.6) is 0 Å². The Kier molecular flexibility index (Phi) is 4.41. The summed E-state index contributed by atoms with van der Waals surface area (Å²) in [5.74, 6) is 0.113. The van der Waals surface area contributed by atoms with E-state index in [9.17, 15) is 9.18 Å². The van der Waals surface area contributed by atoms with E-state index in [4.69, 9.17) is 0 Å². The van der Waals surface area contributed by atoms with Crippen molar-refractivity contribution in [3.63, 3.8) is 0 Å². The minimum Gasteiger partial charge on any atom is -0.357 e. The lowest BCUT2D eigenvalue weighted by Crippen LogP contribution is -2.44. The predicted molar refractivity (Wildman–Crippen MR) is 87.6 cm³/mol. The topological polar surface area (TPSA) is 58.1 Å². The lowest BCUT2D eigenvalue weighted by Gasteiger charge is -2.27. The molecule has 0 bridgehead atoms. The first-order valence-corrected chi connectivity index (χ1v) is 8.02. The second-order valence-electron chi connectivity index (χ2n) is 6.25. The number of hydrogen-bond acceptors (Lipinski definition) is 4. The van der Waals surface area contributed by atoms with Crippen molar-refractivity contribution in [1.82, 2.24) is 14.9 Å². The molecule has 0 radical (unpaired) electrons. The monoisotopic (exact) mass is 316 g/mol. The molecule has 1 aliphatic rings. The van der Waals surface area contributed by atoms with Gasteiger partial charge in [0.15, 0.2) is 0 Å². The van der Waals surface area contributed by atoms with Crippen molar-refractivity contribution in [1.29, 1.82) is 0 Å². The first-order valence-electron chi connectivity index (χ1n) is 8.02. The molecule has 122 valence electrons. The van der Waals surface area contributed by atoms with E-state index >= 15 is 0 Å². The molecule has 0 unspecified atom stereocenters. The van der Waals surface area contributed by atoms with Crippen LogP contribution < -0.4 is 5.32 Å². The van der Waals surface area contributed by atoms with Crippen molar-refractivity contribution in [3.8, 4) is 0 Å². The number of carbonyl (C=O) groups is 1. The van der Waals surface area contributed by atoms with Gasteiger partial charge < -0.3 is 10.2 Å². The fraction of sp³-hybridized carbons (Fsp3) is 0.471. The molecule has 1 saturated heterocycles. The number of aromatic nitrogens is 2. The summed E-state index contributed by atoms with van der Waals surface area (Å²) in [5, 5.41) is 3.49. The molecule has 2 heterocycles. The Morgan fingerprint density at radius 2 is 2.00 bits per heavy atom. The molecule has 5 nitrogen and oxygen atoms in total. The molecule has 6 heteroatoms. The molecule has 2 aromatic rings. The number of anilines is 1. The quantitative estimate of drug-likeness (QED) is 0.942. The summed E-state index contributed by atoms with van der Waals surface area (Å²) in [6.45, 7) is 5.54. The van der Waals surface area contributed by atoms with E-state index in [-0.39, 0.29) is 17.6 Å². The summed E-state index contributed by atoms with van der Waals surface area (Å²) >= 11 is 0. The predicted octanol–water partition coefficient (Wildman–Crippen LogP) is 2.83. The third-order valence-electron chi connectivity index (χ3n) is 4.25. The Balaban J connectivity index is 1.93. The molecule has 0 aliphatic carbocycles. The van der Waals surface area contributed by atoms with E-state index in [1.54, 1.807) is 12.1 Å². The summed E-state index contributed by atoms with van der Waals surface area (Å²) in [7, 11) is 0. The van der Waals surface area contributed by atoms with Crippen molar-refractivity contribution >= 4 is 22.6 Å². The average molecular weight is 316 g/mol. The van der Waals surface area contributed by atoms with Gasteiger partial charge in [-0.2, -0.15) is 0 Å². The second-order valence-corrected chi connectivity index (χ2v) is 6.25. The summed E-state index contributed by atoms with van der Waals surface area (Å²) in [6.07, 6.45) is 3.48. The molecule has 3 rings (SSSR count). The number of nitrogens with zero attached hydrogens (tertiary/aromatic N) is 3. The maximum Gasteiger partial charge on any atom is 0.245 e. The highest BCUT2D eigenvalue weighted by atomic mass is 19.1. The van der Waals surface area contributed by atoms with E-state index in [1.807, 2.05) is 18.7 Å². The normalized spacial score (nSPS) is 16.1. The Bertz CT molecular complexity index is 708. The Morgan fingerprint density at radius 3 is 2.70 bits per heavy atom. The molecule has 1 aromatic carbocycles. The number of likely N-dealkylation sites (tertiary alicyclic amines) is 1. The Labute approximate surface area is 134 Å². The van der Waals surface area contributed by atoms with Crippen LogP contribution in [-0.4, -0.2) is 39.9 Å². The average Bonchev–Trinajstić information content (AvgIpc) is 3.06. The van der Waals surface area contributed by atoms with Gasteiger partial charge in [-0.25, -0.2) is 14.4 Å². The Morgan fingerprint density at radius 1 is 1.26 bits per heavy atom. The number of fused-ring (bicyclic) bond motifs is 1. The first kappa shape index (κ1) is 15.6. The molecule has 1 amide bonds.